The van der Waals surface area contributed by atoms with Crippen LogP contribution in [0.25, 0.3) is 0 Å². The Balaban J connectivity index is 1.93. The van der Waals surface area contributed by atoms with Gasteiger partial charge in [-0.15, -0.1) is 0 Å². The number of phenolic OH excluding ortho intramolecular Hbond substituents is 1. The summed E-state index contributed by atoms with van der Waals surface area (Å²) in [5.41, 5.74) is 6.30. The van der Waals surface area contributed by atoms with Crippen LogP contribution in [0, 0.1) is 12.3 Å². The lowest BCUT2D eigenvalue weighted by molar-refractivity contribution is -0.139. The standard InChI is InChI=1S/C21H25N5O6/c1-12-2-4-13(5-3-12)18(28)26-16(20(30)31)11-25-19(29)15-7-6-14(10-17(15)27)32-9-8-24-21(22)23/h2-7,10,16,27H,8-9,11H2,1H3,(H,25,29)(H,26,28)(H,30,31)(H4,22,23,24)/t16-/m0/s1. The Labute approximate surface area is 184 Å². The Morgan fingerprint density at radius 1 is 1.09 bits per heavy atom. The van der Waals surface area contributed by atoms with Gasteiger partial charge in [-0.2, -0.15) is 0 Å². The first-order chi connectivity index (χ1) is 15.2. The number of nitrogens with one attached hydrogen (secondary N) is 4. The maximum atomic E-state index is 12.4. The molecule has 0 aliphatic heterocycles. The van der Waals surface area contributed by atoms with Crippen molar-refractivity contribution in [3.05, 3.63) is 59.2 Å². The number of amides is 2. The van der Waals surface area contributed by atoms with Crippen molar-refractivity contribution in [2.45, 2.75) is 13.0 Å². The third-order valence-corrected chi connectivity index (χ3v) is 4.28. The van der Waals surface area contributed by atoms with E-state index in [1.165, 1.54) is 18.2 Å². The minimum atomic E-state index is -1.37. The van der Waals surface area contributed by atoms with Crippen molar-refractivity contribution >= 4 is 23.7 Å². The van der Waals surface area contributed by atoms with Crippen LogP contribution in [-0.4, -0.2) is 59.7 Å². The molecule has 0 fully saturated rings. The zero-order valence-electron chi connectivity index (χ0n) is 17.3. The topological polar surface area (TPSA) is 187 Å². The maximum Gasteiger partial charge on any atom is 0.328 e. The van der Waals surface area contributed by atoms with Gasteiger partial charge in [-0.3, -0.25) is 15.0 Å². The molecule has 8 N–H and O–H groups in total. The zero-order chi connectivity index (χ0) is 23.7. The Hall–Kier alpha value is -4.28. The van der Waals surface area contributed by atoms with Crippen LogP contribution in [0.2, 0.25) is 0 Å². The first kappa shape index (κ1) is 24.0. The van der Waals surface area contributed by atoms with E-state index < -0.39 is 23.8 Å². The third-order valence-electron chi connectivity index (χ3n) is 4.28. The van der Waals surface area contributed by atoms with Gasteiger partial charge in [0.2, 0.25) is 0 Å². The number of carbonyl (C=O) groups is 3. The molecule has 11 heteroatoms. The Kier molecular flexibility index (Phi) is 8.40. The molecule has 0 aliphatic rings. The van der Waals surface area contributed by atoms with Crippen molar-refractivity contribution in [1.29, 1.82) is 5.41 Å². The monoisotopic (exact) mass is 443 g/mol. The van der Waals surface area contributed by atoms with E-state index in [0.29, 0.717) is 5.56 Å². The van der Waals surface area contributed by atoms with Gasteiger partial charge in [-0.05, 0) is 31.2 Å². The molecule has 0 aromatic heterocycles. The van der Waals surface area contributed by atoms with E-state index in [1.807, 2.05) is 6.92 Å². The fraction of sp³-hybridized carbons (Fsp3) is 0.238. The summed E-state index contributed by atoms with van der Waals surface area (Å²) in [6.07, 6.45) is 0. The van der Waals surface area contributed by atoms with Crippen molar-refractivity contribution < 1.29 is 29.3 Å². The van der Waals surface area contributed by atoms with Gasteiger partial charge in [0, 0.05) is 18.2 Å². The molecule has 2 rings (SSSR count). The number of nitrogens with two attached hydrogens (primary N) is 1. The molecule has 170 valence electrons. The lowest BCUT2D eigenvalue weighted by Crippen LogP contribution is -2.48. The summed E-state index contributed by atoms with van der Waals surface area (Å²) >= 11 is 0. The minimum Gasteiger partial charge on any atom is -0.507 e. The van der Waals surface area contributed by atoms with Gasteiger partial charge in [0.1, 0.15) is 24.1 Å². The number of aliphatic carboxylic acids is 1. The molecule has 0 saturated carbocycles. The van der Waals surface area contributed by atoms with Crippen LogP contribution < -0.4 is 26.4 Å². The zero-order valence-corrected chi connectivity index (χ0v) is 17.3. The van der Waals surface area contributed by atoms with Crippen molar-refractivity contribution in [1.82, 2.24) is 16.0 Å². The fourth-order valence-electron chi connectivity index (χ4n) is 2.58. The molecule has 2 aromatic rings. The fourth-order valence-corrected chi connectivity index (χ4v) is 2.58. The number of ether oxygens (including phenoxy) is 1. The molecule has 0 bridgehead atoms. The lowest BCUT2D eigenvalue weighted by atomic mass is 10.1. The highest BCUT2D eigenvalue weighted by atomic mass is 16.5. The summed E-state index contributed by atoms with van der Waals surface area (Å²) in [4.78, 5) is 36.1. The minimum absolute atomic E-state index is 0.0896. The number of rotatable bonds is 10. The summed E-state index contributed by atoms with van der Waals surface area (Å²) < 4.78 is 5.36. The van der Waals surface area contributed by atoms with Gasteiger partial charge in [0.05, 0.1) is 12.1 Å². The lowest BCUT2D eigenvalue weighted by Gasteiger charge is -2.16. The van der Waals surface area contributed by atoms with Crippen molar-refractivity contribution in [3.63, 3.8) is 0 Å². The van der Waals surface area contributed by atoms with Crippen LogP contribution in [0.15, 0.2) is 42.5 Å². The van der Waals surface area contributed by atoms with Gasteiger partial charge in [-0.1, -0.05) is 17.7 Å². The molecular formula is C21H25N5O6. The number of benzene rings is 2. The summed E-state index contributed by atoms with van der Waals surface area (Å²) in [5.74, 6) is -2.90. The second kappa shape index (κ2) is 11.2. The van der Waals surface area contributed by atoms with Crippen LogP contribution in [-0.2, 0) is 4.79 Å². The van der Waals surface area contributed by atoms with Crippen LogP contribution in [0.5, 0.6) is 11.5 Å². The number of carbonyl (C=O) groups excluding carboxylic acids is 2. The largest absolute Gasteiger partial charge is 0.507 e. The number of hydrogen-bond acceptors (Lipinski definition) is 6. The average Bonchev–Trinajstić information content (AvgIpc) is 2.74. The van der Waals surface area contributed by atoms with E-state index in [2.05, 4.69) is 16.0 Å². The van der Waals surface area contributed by atoms with Crippen molar-refractivity contribution in [3.8, 4) is 11.5 Å². The van der Waals surface area contributed by atoms with Gasteiger partial charge < -0.3 is 36.6 Å². The van der Waals surface area contributed by atoms with E-state index >= 15 is 0 Å². The van der Waals surface area contributed by atoms with E-state index in [1.54, 1.807) is 24.3 Å². The summed E-state index contributed by atoms with van der Waals surface area (Å²) in [5, 5.41) is 33.8. The molecule has 32 heavy (non-hydrogen) atoms. The van der Waals surface area contributed by atoms with Gasteiger partial charge in [-0.25, -0.2) is 4.79 Å². The van der Waals surface area contributed by atoms with Gasteiger partial charge in [0.15, 0.2) is 5.96 Å². The SMILES string of the molecule is Cc1ccc(C(=O)N[C@@H](CNC(=O)c2ccc(OCCNC(=N)N)cc2O)C(=O)O)cc1. The maximum absolute atomic E-state index is 12.4. The van der Waals surface area contributed by atoms with Crippen LogP contribution >= 0.6 is 0 Å². The predicted octanol–water partition coefficient (Wildman–Crippen LogP) is 0.175. The number of phenols is 1. The first-order valence-corrected chi connectivity index (χ1v) is 9.59. The van der Waals surface area contributed by atoms with Crippen molar-refractivity contribution in [2.24, 2.45) is 5.73 Å². The number of hydrogen-bond donors (Lipinski definition) is 7. The number of aryl methyl sites for hydroxylation is 1. The quantitative estimate of drug-likeness (QED) is 0.154. The summed E-state index contributed by atoms with van der Waals surface area (Å²) in [6, 6.07) is 9.22. The molecule has 2 amide bonds. The molecule has 0 aliphatic carbocycles. The first-order valence-electron chi connectivity index (χ1n) is 9.59. The molecule has 1 atom stereocenters. The number of carboxylic acids is 1. The summed E-state index contributed by atoms with van der Waals surface area (Å²) in [6.45, 7) is 1.92. The van der Waals surface area contributed by atoms with Gasteiger partial charge >= 0.3 is 5.97 Å². The highest BCUT2D eigenvalue weighted by molar-refractivity contribution is 5.98. The molecule has 0 unspecified atom stereocenters. The molecule has 0 spiro atoms. The van der Waals surface area contributed by atoms with E-state index in [0.717, 1.165) is 5.56 Å². The van der Waals surface area contributed by atoms with Gasteiger partial charge in [0.25, 0.3) is 11.8 Å². The number of guanidine groups is 1. The Morgan fingerprint density at radius 3 is 2.38 bits per heavy atom. The molecule has 2 aromatic carbocycles. The molecule has 0 saturated heterocycles. The highest BCUT2D eigenvalue weighted by Crippen LogP contribution is 2.23. The van der Waals surface area contributed by atoms with Crippen LogP contribution in [0.4, 0.5) is 0 Å². The predicted molar refractivity (Wildman–Crippen MR) is 116 cm³/mol. The normalized spacial score (nSPS) is 11.2. The molecule has 0 radical (unpaired) electrons. The van der Waals surface area contributed by atoms with Crippen LogP contribution in [0.3, 0.4) is 0 Å². The van der Waals surface area contributed by atoms with E-state index in [9.17, 15) is 24.6 Å². The molecular weight excluding hydrogens is 418 g/mol. The summed E-state index contributed by atoms with van der Waals surface area (Å²) in [7, 11) is 0. The highest BCUT2D eigenvalue weighted by Gasteiger charge is 2.22. The third kappa shape index (κ3) is 7.20. The average molecular weight is 443 g/mol. The number of aromatic hydroxyl groups is 1. The smallest absolute Gasteiger partial charge is 0.328 e. The van der Waals surface area contributed by atoms with Crippen molar-refractivity contribution in [2.75, 3.05) is 19.7 Å². The van der Waals surface area contributed by atoms with E-state index in [4.69, 9.17) is 15.9 Å². The number of carboxylic acid groups (broad SMARTS) is 1. The van der Waals surface area contributed by atoms with E-state index in [-0.39, 0.29) is 42.7 Å². The Morgan fingerprint density at radius 2 is 1.78 bits per heavy atom. The second-order valence-electron chi connectivity index (χ2n) is 6.81. The van der Waals surface area contributed by atoms with Crippen LogP contribution in [0.1, 0.15) is 26.3 Å². The Bertz CT molecular complexity index is 993. The molecule has 11 nitrogen and oxygen atoms in total. The molecule has 0 heterocycles. The second-order valence-corrected chi connectivity index (χ2v) is 6.81.